The summed E-state index contributed by atoms with van der Waals surface area (Å²) in [6.45, 7) is 0. The Morgan fingerprint density at radius 2 is 2.33 bits per heavy atom. The predicted octanol–water partition coefficient (Wildman–Crippen LogP) is 2.21. The number of hydrogen-bond acceptors (Lipinski definition) is 3. The Balaban J connectivity index is 2.01. The van der Waals surface area contributed by atoms with Gasteiger partial charge in [-0.3, -0.25) is 0 Å². The second kappa shape index (κ2) is 2.02. The van der Waals surface area contributed by atoms with Crippen molar-refractivity contribution >= 4 is 28.3 Å². The maximum Gasteiger partial charge on any atom is 0.184 e. The number of azo groups is 1. The summed E-state index contributed by atoms with van der Waals surface area (Å²) in [4.78, 5) is 0. The normalized spacial score (nSPS) is 33.8. The van der Waals surface area contributed by atoms with Gasteiger partial charge in [-0.25, -0.2) is 0 Å². The fourth-order valence-corrected chi connectivity index (χ4v) is 2.03. The smallest absolute Gasteiger partial charge is 0.172 e. The van der Waals surface area contributed by atoms with Gasteiger partial charge in [-0.05, 0) is 31.0 Å². The summed E-state index contributed by atoms with van der Waals surface area (Å²) in [7, 11) is 0. The Bertz CT molecular complexity index is 174. The molecule has 1 heterocycles. The van der Waals surface area contributed by atoms with Crippen LogP contribution in [0.3, 0.4) is 0 Å². The summed E-state index contributed by atoms with van der Waals surface area (Å²) < 4.78 is 0.715. The van der Waals surface area contributed by atoms with E-state index >= 15 is 0 Å². The van der Waals surface area contributed by atoms with E-state index in [9.17, 15) is 0 Å². The molecule has 2 aliphatic rings. The number of nitrogens with zero attached hydrogens (tertiary/aromatic N) is 2. The van der Waals surface area contributed by atoms with Crippen molar-refractivity contribution < 1.29 is 0 Å². The summed E-state index contributed by atoms with van der Waals surface area (Å²) >= 11 is 6.48. The molecule has 48 valence electrons. The first kappa shape index (κ1) is 5.80. The van der Waals surface area contributed by atoms with Gasteiger partial charge in [-0.15, -0.1) is 5.11 Å². The van der Waals surface area contributed by atoms with Gasteiger partial charge >= 0.3 is 0 Å². The lowest BCUT2D eigenvalue weighted by Crippen LogP contribution is -1.95. The lowest BCUT2D eigenvalue weighted by molar-refractivity contribution is 0.769. The summed E-state index contributed by atoms with van der Waals surface area (Å²) in [6.07, 6.45) is 2.64. The van der Waals surface area contributed by atoms with Crippen molar-refractivity contribution in [2.45, 2.75) is 18.2 Å². The molecule has 1 aliphatic heterocycles. The van der Waals surface area contributed by atoms with E-state index in [1.165, 1.54) is 12.8 Å². The van der Waals surface area contributed by atoms with Gasteiger partial charge < -0.3 is 0 Å². The summed E-state index contributed by atoms with van der Waals surface area (Å²) in [5.41, 5.74) is 0. The van der Waals surface area contributed by atoms with Crippen LogP contribution in [0.25, 0.3) is 0 Å². The molecule has 1 saturated carbocycles. The van der Waals surface area contributed by atoms with Crippen molar-refractivity contribution in [2.75, 3.05) is 0 Å². The third kappa shape index (κ3) is 1.14. The van der Waals surface area contributed by atoms with Crippen molar-refractivity contribution in [3.05, 3.63) is 0 Å². The fraction of sp³-hybridized carbons (Fsp3) is 0.800. The first-order chi connectivity index (χ1) is 4.36. The van der Waals surface area contributed by atoms with Gasteiger partial charge in [0.2, 0.25) is 0 Å². The highest BCUT2D eigenvalue weighted by Gasteiger charge is 2.35. The maximum absolute atomic E-state index is 4.85. The standard InChI is InChI=1S/C5H6N2S2/c8-5-7-6-4(9-5)3-1-2-3/h3-4H,1-2H2. The molecule has 0 amide bonds. The second-order valence-electron chi connectivity index (χ2n) is 2.33. The molecule has 0 saturated heterocycles. The lowest BCUT2D eigenvalue weighted by Gasteiger charge is -1.96. The Morgan fingerprint density at radius 3 is 2.78 bits per heavy atom. The van der Waals surface area contributed by atoms with Crippen LogP contribution in [0.1, 0.15) is 12.8 Å². The number of thioether (sulfide) groups is 1. The number of rotatable bonds is 1. The molecule has 0 aromatic carbocycles. The van der Waals surface area contributed by atoms with E-state index in [-0.39, 0.29) is 0 Å². The quantitative estimate of drug-likeness (QED) is 0.546. The van der Waals surface area contributed by atoms with Crippen LogP contribution in [-0.4, -0.2) is 9.69 Å². The van der Waals surface area contributed by atoms with E-state index in [4.69, 9.17) is 12.2 Å². The van der Waals surface area contributed by atoms with Gasteiger partial charge in [0.25, 0.3) is 0 Å². The molecule has 1 aliphatic carbocycles. The molecule has 2 rings (SSSR count). The largest absolute Gasteiger partial charge is 0.184 e. The highest BCUT2D eigenvalue weighted by Crippen LogP contribution is 2.42. The van der Waals surface area contributed by atoms with Crippen molar-refractivity contribution in [3.63, 3.8) is 0 Å². The topological polar surface area (TPSA) is 24.7 Å². The van der Waals surface area contributed by atoms with Crippen LogP contribution in [0.2, 0.25) is 0 Å². The summed E-state index contributed by atoms with van der Waals surface area (Å²) in [5.74, 6) is 0.791. The fourth-order valence-electron chi connectivity index (χ4n) is 0.826. The van der Waals surface area contributed by atoms with Crippen molar-refractivity contribution in [3.8, 4) is 0 Å². The molecular weight excluding hydrogens is 152 g/mol. The molecule has 0 radical (unpaired) electrons. The average Bonchev–Trinajstić information content (AvgIpc) is 2.58. The molecule has 1 fully saturated rings. The zero-order valence-corrected chi connectivity index (χ0v) is 6.41. The zero-order chi connectivity index (χ0) is 6.27. The van der Waals surface area contributed by atoms with Gasteiger partial charge in [-0.1, -0.05) is 11.8 Å². The number of thiocarbonyl (C=S) groups is 1. The zero-order valence-electron chi connectivity index (χ0n) is 4.78. The Morgan fingerprint density at radius 1 is 1.56 bits per heavy atom. The van der Waals surface area contributed by atoms with Crippen molar-refractivity contribution in [1.29, 1.82) is 0 Å². The molecule has 2 nitrogen and oxygen atoms in total. The van der Waals surface area contributed by atoms with Crippen molar-refractivity contribution in [2.24, 2.45) is 16.1 Å². The minimum Gasteiger partial charge on any atom is -0.172 e. The molecular formula is C5H6N2S2. The van der Waals surface area contributed by atoms with Crippen LogP contribution in [0.15, 0.2) is 10.2 Å². The first-order valence-corrected chi connectivity index (χ1v) is 4.26. The molecule has 1 atom stereocenters. The van der Waals surface area contributed by atoms with Crippen LogP contribution < -0.4 is 0 Å². The monoisotopic (exact) mass is 158 g/mol. The summed E-state index contributed by atoms with van der Waals surface area (Å²) in [5, 5.41) is 8.21. The van der Waals surface area contributed by atoms with E-state index in [0.29, 0.717) is 9.69 Å². The first-order valence-electron chi connectivity index (χ1n) is 2.98. The van der Waals surface area contributed by atoms with Gasteiger partial charge in [-0.2, -0.15) is 5.11 Å². The molecule has 9 heavy (non-hydrogen) atoms. The van der Waals surface area contributed by atoms with E-state index in [0.717, 1.165) is 5.92 Å². The molecule has 0 N–H and O–H groups in total. The molecule has 1 unspecified atom stereocenters. The van der Waals surface area contributed by atoms with Gasteiger partial charge in [0, 0.05) is 0 Å². The van der Waals surface area contributed by atoms with Crippen LogP contribution in [0.4, 0.5) is 0 Å². The van der Waals surface area contributed by atoms with E-state index in [1.54, 1.807) is 11.8 Å². The maximum atomic E-state index is 4.85. The summed E-state index contributed by atoms with van der Waals surface area (Å²) in [6, 6.07) is 0. The highest BCUT2D eigenvalue weighted by atomic mass is 32.2. The highest BCUT2D eigenvalue weighted by molar-refractivity contribution is 8.23. The molecule has 0 aromatic heterocycles. The van der Waals surface area contributed by atoms with E-state index < -0.39 is 0 Å². The molecule has 0 aromatic rings. The minimum absolute atomic E-state index is 0.387. The molecule has 0 spiro atoms. The van der Waals surface area contributed by atoms with Gasteiger partial charge in [0.1, 0.15) is 5.37 Å². The Hall–Kier alpha value is 0.0400. The number of hydrogen-bond donors (Lipinski definition) is 0. The predicted molar refractivity (Wildman–Crippen MR) is 41.6 cm³/mol. The average molecular weight is 158 g/mol. The van der Waals surface area contributed by atoms with Crippen LogP contribution in [-0.2, 0) is 0 Å². The third-order valence-corrected chi connectivity index (χ3v) is 2.87. The van der Waals surface area contributed by atoms with Crippen molar-refractivity contribution in [1.82, 2.24) is 0 Å². The van der Waals surface area contributed by atoms with Gasteiger partial charge in [0.05, 0.1) is 0 Å². The Kier molecular flexibility index (Phi) is 1.30. The third-order valence-electron chi connectivity index (χ3n) is 1.50. The second-order valence-corrected chi connectivity index (χ2v) is 4.08. The lowest BCUT2D eigenvalue weighted by atomic mass is 10.4. The van der Waals surface area contributed by atoms with E-state index in [2.05, 4.69) is 10.2 Å². The Labute approximate surface area is 63.1 Å². The SMILES string of the molecule is S=C1N=NC(C2CC2)S1. The molecule has 0 bridgehead atoms. The van der Waals surface area contributed by atoms with Crippen LogP contribution in [0.5, 0.6) is 0 Å². The van der Waals surface area contributed by atoms with E-state index in [1.807, 2.05) is 0 Å². The molecule has 4 heteroatoms. The van der Waals surface area contributed by atoms with Crippen LogP contribution in [0, 0.1) is 5.92 Å². The van der Waals surface area contributed by atoms with Crippen LogP contribution >= 0.6 is 24.0 Å². The minimum atomic E-state index is 0.387. The van der Waals surface area contributed by atoms with Gasteiger partial charge in [0.15, 0.2) is 4.32 Å².